The fourth-order valence-electron chi connectivity index (χ4n) is 4.57. The van der Waals surface area contributed by atoms with Gasteiger partial charge in [-0.1, -0.05) is 37.3 Å². The van der Waals surface area contributed by atoms with Gasteiger partial charge >= 0.3 is 0 Å². The predicted molar refractivity (Wildman–Crippen MR) is 122 cm³/mol. The number of amides is 1. The Morgan fingerprint density at radius 1 is 1.10 bits per heavy atom. The summed E-state index contributed by atoms with van der Waals surface area (Å²) in [6, 6.07) is 10.5. The molecule has 2 aromatic heterocycles. The zero-order chi connectivity index (χ0) is 20.8. The van der Waals surface area contributed by atoms with E-state index in [0.717, 1.165) is 55.5 Å². The highest BCUT2D eigenvalue weighted by Crippen LogP contribution is 2.48. The number of fused-ring (bicyclic) bond motifs is 1. The third-order valence-electron chi connectivity index (χ3n) is 6.60. The molecule has 1 saturated heterocycles. The number of aromatic nitrogens is 2. The lowest BCUT2D eigenvalue weighted by Crippen LogP contribution is -2.49. The second-order valence-electron chi connectivity index (χ2n) is 8.45. The SMILES string of the molecule is CCc1nc(N2CCN(C(=O)[C@H]3C[C@H]3c3ccccc3)CC2)c2c(C)c(C)sc2n1. The lowest BCUT2D eigenvalue weighted by Gasteiger charge is -2.36. The number of anilines is 1. The van der Waals surface area contributed by atoms with Crippen molar-refractivity contribution in [1.29, 1.82) is 0 Å². The summed E-state index contributed by atoms with van der Waals surface area (Å²) < 4.78 is 0. The maximum Gasteiger partial charge on any atom is 0.226 e. The van der Waals surface area contributed by atoms with Crippen LogP contribution in [-0.2, 0) is 11.2 Å². The number of nitrogens with zero attached hydrogens (tertiary/aromatic N) is 4. The van der Waals surface area contributed by atoms with E-state index >= 15 is 0 Å². The number of aryl methyl sites for hydroxylation is 3. The molecule has 2 fully saturated rings. The number of carbonyl (C=O) groups is 1. The molecule has 3 heterocycles. The molecule has 1 aliphatic carbocycles. The molecule has 5 nitrogen and oxygen atoms in total. The van der Waals surface area contributed by atoms with Crippen molar-refractivity contribution in [3.63, 3.8) is 0 Å². The molecule has 1 amide bonds. The van der Waals surface area contributed by atoms with Gasteiger partial charge in [-0.3, -0.25) is 4.79 Å². The molecule has 1 aromatic carbocycles. The second kappa shape index (κ2) is 7.65. The number of hydrogen-bond donors (Lipinski definition) is 0. The largest absolute Gasteiger partial charge is 0.352 e. The fourth-order valence-corrected chi connectivity index (χ4v) is 5.61. The Balaban J connectivity index is 1.30. The first-order chi connectivity index (χ1) is 14.6. The van der Waals surface area contributed by atoms with Crippen molar-refractivity contribution >= 4 is 33.3 Å². The molecule has 1 saturated carbocycles. The highest BCUT2D eigenvalue weighted by molar-refractivity contribution is 7.18. The van der Waals surface area contributed by atoms with E-state index in [-0.39, 0.29) is 5.92 Å². The van der Waals surface area contributed by atoms with Crippen molar-refractivity contribution in [3.8, 4) is 0 Å². The lowest BCUT2D eigenvalue weighted by molar-refractivity contribution is -0.133. The third-order valence-corrected chi connectivity index (χ3v) is 7.70. The van der Waals surface area contributed by atoms with Crippen LogP contribution in [0.2, 0.25) is 0 Å². The number of thiophene rings is 1. The van der Waals surface area contributed by atoms with E-state index in [1.165, 1.54) is 21.4 Å². The van der Waals surface area contributed by atoms with E-state index in [9.17, 15) is 4.79 Å². The molecule has 0 radical (unpaired) electrons. The zero-order valence-corrected chi connectivity index (χ0v) is 18.7. The molecule has 5 rings (SSSR count). The standard InChI is InChI=1S/C24H28N4OS/c1-4-20-25-22(21-15(2)16(3)30-23(21)26-20)27-10-12-28(13-11-27)24(29)19-14-18(19)17-8-6-5-7-9-17/h5-9,18-19H,4,10-14H2,1-3H3/t18-,19-/m0/s1. The van der Waals surface area contributed by atoms with Crippen molar-refractivity contribution < 1.29 is 4.79 Å². The number of rotatable bonds is 4. The van der Waals surface area contributed by atoms with Gasteiger partial charge in [0.05, 0.1) is 5.39 Å². The van der Waals surface area contributed by atoms with Gasteiger partial charge in [0.2, 0.25) is 5.91 Å². The van der Waals surface area contributed by atoms with Gasteiger partial charge in [-0.25, -0.2) is 9.97 Å². The Hall–Kier alpha value is -2.47. The molecule has 0 bridgehead atoms. The smallest absolute Gasteiger partial charge is 0.226 e. The number of hydrogen-bond acceptors (Lipinski definition) is 5. The Morgan fingerprint density at radius 3 is 2.53 bits per heavy atom. The highest BCUT2D eigenvalue weighted by Gasteiger charge is 2.46. The first kappa shape index (κ1) is 19.5. The van der Waals surface area contributed by atoms with Crippen molar-refractivity contribution in [1.82, 2.24) is 14.9 Å². The fraction of sp³-hybridized carbons (Fsp3) is 0.458. The van der Waals surface area contributed by atoms with Crippen LogP contribution in [0.25, 0.3) is 10.2 Å². The van der Waals surface area contributed by atoms with Crippen LogP contribution < -0.4 is 4.90 Å². The first-order valence-corrected chi connectivity index (χ1v) is 11.7. The van der Waals surface area contributed by atoms with Crippen LogP contribution in [0.1, 0.15) is 41.1 Å². The van der Waals surface area contributed by atoms with Crippen LogP contribution in [0.15, 0.2) is 30.3 Å². The van der Waals surface area contributed by atoms with Gasteiger partial charge in [0.15, 0.2) is 0 Å². The van der Waals surface area contributed by atoms with Gasteiger partial charge < -0.3 is 9.80 Å². The van der Waals surface area contributed by atoms with Crippen LogP contribution in [0.3, 0.4) is 0 Å². The Labute approximate surface area is 181 Å². The van der Waals surface area contributed by atoms with Crippen molar-refractivity contribution in [2.45, 2.75) is 39.5 Å². The average molecular weight is 421 g/mol. The molecule has 0 spiro atoms. The topological polar surface area (TPSA) is 49.3 Å². The van der Waals surface area contributed by atoms with Gasteiger partial charge in [0, 0.05) is 43.4 Å². The summed E-state index contributed by atoms with van der Waals surface area (Å²) in [4.78, 5) is 29.5. The number of benzene rings is 1. The molecule has 156 valence electrons. The summed E-state index contributed by atoms with van der Waals surface area (Å²) in [5.74, 6) is 2.85. The Morgan fingerprint density at radius 2 is 1.83 bits per heavy atom. The predicted octanol–water partition coefficient (Wildman–Crippen LogP) is 4.32. The molecule has 2 atom stereocenters. The average Bonchev–Trinajstić information content (AvgIpc) is 3.54. The van der Waals surface area contributed by atoms with Gasteiger partial charge in [-0.15, -0.1) is 11.3 Å². The zero-order valence-electron chi connectivity index (χ0n) is 17.9. The Kier molecular flexibility index (Phi) is 4.97. The number of carbonyl (C=O) groups excluding carboxylic acids is 1. The molecule has 3 aromatic rings. The normalized spacial score (nSPS) is 21.3. The summed E-state index contributed by atoms with van der Waals surface area (Å²) in [6.45, 7) is 9.64. The van der Waals surface area contributed by atoms with E-state index in [1.807, 2.05) is 6.07 Å². The van der Waals surface area contributed by atoms with Gasteiger partial charge in [0.25, 0.3) is 0 Å². The van der Waals surface area contributed by atoms with E-state index in [1.54, 1.807) is 11.3 Å². The van der Waals surface area contributed by atoms with Gasteiger partial charge in [0.1, 0.15) is 16.5 Å². The summed E-state index contributed by atoms with van der Waals surface area (Å²) in [6.07, 6.45) is 1.82. The molecule has 30 heavy (non-hydrogen) atoms. The summed E-state index contributed by atoms with van der Waals surface area (Å²) in [5.41, 5.74) is 2.59. The van der Waals surface area contributed by atoms with Crippen molar-refractivity contribution in [2.75, 3.05) is 31.1 Å². The van der Waals surface area contributed by atoms with E-state index in [4.69, 9.17) is 9.97 Å². The van der Waals surface area contributed by atoms with Gasteiger partial charge in [-0.2, -0.15) is 0 Å². The van der Waals surface area contributed by atoms with Crippen LogP contribution in [-0.4, -0.2) is 47.0 Å². The molecular weight excluding hydrogens is 392 g/mol. The minimum Gasteiger partial charge on any atom is -0.352 e. The van der Waals surface area contributed by atoms with E-state index < -0.39 is 0 Å². The summed E-state index contributed by atoms with van der Waals surface area (Å²) >= 11 is 1.76. The van der Waals surface area contributed by atoms with Crippen LogP contribution in [0.4, 0.5) is 5.82 Å². The minimum absolute atomic E-state index is 0.165. The van der Waals surface area contributed by atoms with Crippen LogP contribution in [0.5, 0.6) is 0 Å². The third kappa shape index (κ3) is 3.37. The van der Waals surface area contributed by atoms with Crippen molar-refractivity contribution in [3.05, 3.63) is 52.2 Å². The molecular formula is C24H28N4OS. The molecule has 6 heteroatoms. The first-order valence-electron chi connectivity index (χ1n) is 10.9. The quantitative estimate of drug-likeness (QED) is 0.631. The highest BCUT2D eigenvalue weighted by atomic mass is 32.1. The molecule has 0 unspecified atom stereocenters. The minimum atomic E-state index is 0.165. The van der Waals surface area contributed by atoms with Crippen LogP contribution >= 0.6 is 11.3 Å². The summed E-state index contributed by atoms with van der Waals surface area (Å²) in [7, 11) is 0. The monoisotopic (exact) mass is 420 g/mol. The maximum absolute atomic E-state index is 13.0. The lowest BCUT2D eigenvalue weighted by atomic mass is 10.1. The Bertz CT molecular complexity index is 1090. The number of piperazine rings is 1. The van der Waals surface area contributed by atoms with Crippen molar-refractivity contribution in [2.24, 2.45) is 5.92 Å². The molecule has 1 aliphatic heterocycles. The molecule has 2 aliphatic rings. The molecule has 0 N–H and O–H groups in total. The van der Waals surface area contributed by atoms with Gasteiger partial charge in [-0.05, 0) is 37.3 Å². The van der Waals surface area contributed by atoms with Crippen LogP contribution in [0, 0.1) is 19.8 Å². The second-order valence-corrected chi connectivity index (χ2v) is 9.66. The van der Waals surface area contributed by atoms with E-state index in [2.05, 4.69) is 54.8 Å². The summed E-state index contributed by atoms with van der Waals surface area (Å²) in [5, 5.41) is 1.20. The van der Waals surface area contributed by atoms with E-state index in [0.29, 0.717) is 11.8 Å². The maximum atomic E-state index is 13.0.